The fourth-order valence-electron chi connectivity index (χ4n) is 3.73. The van der Waals surface area contributed by atoms with Gasteiger partial charge in [0.25, 0.3) is 17.0 Å². The Bertz CT molecular complexity index is 1450. The van der Waals surface area contributed by atoms with Gasteiger partial charge in [0, 0.05) is 18.7 Å². The summed E-state index contributed by atoms with van der Waals surface area (Å²) in [4.78, 5) is 46.4. The summed E-state index contributed by atoms with van der Waals surface area (Å²) in [5.41, 5.74) is 3.71. The van der Waals surface area contributed by atoms with E-state index in [9.17, 15) is 14.4 Å². The number of nitrogens with one attached hydrogen (secondary N) is 2. The normalized spacial score (nSPS) is 11.4. The third-order valence-electron chi connectivity index (χ3n) is 5.66. The molecular weight excluding hydrogens is 412 g/mol. The van der Waals surface area contributed by atoms with Crippen molar-refractivity contribution >= 4 is 38.4 Å². The zero-order chi connectivity index (χ0) is 22.3. The van der Waals surface area contributed by atoms with E-state index in [0.29, 0.717) is 32.8 Å². The van der Waals surface area contributed by atoms with Crippen molar-refractivity contribution in [1.29, 1.82) is 0 Å². The van der Waals surface area contributed by atoms with E-state index in [1.165, 1.54) is 17.7 Å². The molecule has 1 aromatic carbocycles. The van der Waals surface area contributed by atoms with Gasteiger partial charge in [-0.25, -0.2) is 4.98 Å². The quantitative estimate of drug-likeness (QED) is 0.500. The molecule has 0 unspecified atom stereocenters. The van der Waals surface area contributed by atoms with E-state index in [-0.39, 0.29) is 23.6 Å². The number of nitrogens with zero attached hydrogens (tertiary/aromatic N) is 2. The molecule has 3 heterocycles. The molecule has 0 saturated carbocycles. The van der Waals surface area contributed by atoms with Gasteiger partial charge in [-0.1, -0.05) is 19.1 Å². The molecule has 0 aliphatic rings. The minimum absolute atomic E-state index is 0.0954. The number of thiophene rings is 1. The predicted octanol–water partition coefficient (Wildman–Crippen LogP) is 3.56. The van der Waals surface area contributed by atoms with Gasteiger partial charge in [-0.2, -0.15) is 0 Å². The molecule has 160 valence electrons. The molecule has 0 bridgehead atoms. The van der Waals surface area contributed by atoms with Crippen LogP contribution in [0.1, 0.15) is 45.3 Å². The zero-order valence-electron chi connectivity index (χ0n) is 18.0. The van der Waals surface area contributed by atoms with Gasteiger partial charge in [0.2, 0.25) is 0 Å². The van der Waals surface area contributed by atoms with E-state index in [1.807, 2.05) is 39.0 Å². The average molecular weight is 437 g/mol. The van der Waals surface area contributed by atoms with Crippen LogP contribution in [0.15, 0.2) is 34.1 Å². The van der Waals surface area contributed by atoms with Crippen molar-refractivity contribution < 1.29 is 4.79 Å². The van der Waals surface area contributed by atoms with Crippen molar-refractivity contribution in [3.05, 3.63) is 72.4 Å². The standard InChI is InChI=1S/C23H24N4O3S/c1-5-8-27-11-25-22-17(23(27)30)14(4)19(31-22)21(29)24-10-16-9-15-7-6-12(2)13(3)18(15)26-20(16)28/h6-7,9,11H,5,8,10H2,1-4H3,(H,24,29)(H,26,28). The van der Waals surface area contributed by atoms with Crippen molar-refractivity contribution in [3.63, 3.8) is 0 Å². The van der Waals surface area contributed by atoms with Gasteiger partial charge in [0.1, 0.15) is 4.83 Å². The number of aryl methyl sites for hydroxylation is 4. The van der Waals surface area contributed by atoms with E-state index in [4.69, 9.17) is 0 Å². The Morgan fingerprint density at radius 1 is 1.19 bits per heavy atom. The molecule has 0 atom stereocenters. The average Bonchev–Trinajstić information content (AvgIpc) is 3.09. The van der Waals surface area contributed by atoms with Crippen molar-refractivity contribution in [3.8, 4) is 0 Å². The SMILES string of the molecule is CCCn1cnc2sc(C(=O)NCc3cc4ccc(C)c(C)c4[nH]c3=O)c(C)c2c1=O. The second-order valence-corrected chi connectivity index (χ2v) is 8.76. The second kappa shape index (κ2) is 8.11. The summed E-state index contributed by atoms with van der Waals surface area (Å²) in [6.07, 6.45) is 2.35. The predicted molar refractivity (Wildman–Crippen MR) is 124 cm³/mol. The molecule has 7 nitrogen and oxygen atoms in total. The van der Waals surface area contributed by atoms with Gasteiger partial charge >= 0.3 is 0 Å². The number of aromatic nitrogens is 3. The number of amides is 1. The minimum atomic E-state index is -0.318. The number of pyridine rings is 1. The number of carbonyl (C=O) groups is 1. The highest BCUT2D eigenvalue weighted by Crippen LogP contribution is 2.27. The number of H-pyrrole nitrogens is 1. The summed E-state index contributed by atoms with van der Waals surface area (Å²) in [5, 5.41) is 4.23. The van der Waals surface area contributed by atoms with Gasteiger partial charge in [-0.3, -0.25) is 19.0 Å². The Kier molecular flexibility index (Phi) is 5.49. The first-order chi connectivity index (χ1) is 14.8. The Morgan fingerprint density at radius 3 is 2.71 bits per heavy atom. The molecule has 4 aromatic rings. The van der Waals surface area contributed by atoms with Crippen LogP contribution in [0.4, 0.5) is 0 Å². The number of benzene rings is 1. The summed E-state index contributed by atoms with van der Waals surface area (Å²) >= 11 is 1.20. The van der Waals surface area contributed by atoms with Crippen LogP contribution < -0.4 is 16.4 Å². The largest absolute Gasteiger partial charge is 0.347 e. The molecule has 0 radical (unpaired) electrons. The monoisotopic (exact) mass is 436 g/mol. The van der Waals surface area contributed by atoms with Crippen LogP contribution in [0.2, 0.25) is 0 Å². The Hall–Kier alpha value is -3.26. The topological polar surface area (TPSA) is 96.8 Å². The summed E-state index contributed by atoms with van der Waals surface area (Å²) < 4.78 is 1.57. The van der Waals surface area contributed by atoms with Crippen LogP contribution in [0.5, 0.6) is 0 Å². The smallest absolute Gasteiger partial charge is 0.262 e. The molecule has 0 aliphatic heterocycles. The first-order valence-electron chi connectivity index (χ1n) is 10.2. The number of fused-ring (bicyclic) bond motifs is 2. The molecule has 2 N–H and O–H groups in total. The third kappa shape index (κ3) is 3.67. The molecule has 0 saturated heterocycles. The summed E-state index contributed by atoms with van der Waals surface area (Å²) in [5.74, 6) is -0.318. The Balaban J connectivity index is 1.63. The van der Waals surface area contributed by atoms with Gasteiger partial charge in [0.15, 0.2) is 0 Å². The summed E-state index contributed by atoms with van der Waals surface area (Å²) in [7, 11) is 0. The molecule has 3 aromatic heterocycles. The van der Waals surface area contributed by atoms with E-state index in [0.717, 1.165) is 28.5 Å². The Morgan fingerprint density at radius 2 is 1.97 bits per heavy atom. The van der Waals surface area contributed by atoms with E-state index in [1.54, 1.807) is 11.5 Å². The van der Waals surface area contributed by atoms with Crippen LogP contribution in [0, 0.1) is 20.8 Å². The van der Waals surface area contributed by atoms with E-state index < -0.39 is 0 Å². The maximum absolute atomic E-state index is 12.9. The molecule has 0 fully saturated rings. The highest BCUT2D eigenvalue weighted by molar-refractivity contribution is 7.20. The lowest BCUT2D eigenvalue weighted by Gasteiger charge is -2.09. The number of hydrogen-bond donors (Lipinski definition) is 2. The van der Waals surface area contributed by atoms with E-state index >= 15 is 0 Å². The van der Waals surface area contributed by atoms with Crippen LogP contribution in [-0.2, 0) is 13.1 Å². The molecular formula is C23H24N4O3S. The second-order valence-electron chi connectivity index (χ2n) is 7.76. The van der Waals surface area contributed by atoms with Crippen LogP contribution in [-0.4, -0.2) is 20.4 Å². The molecule has 8 heteroatoms. The third-order valence-corrected chi connectivity index (χ3v) is 6.85. The lowest BCUT2D eigenvalue weighted by molar-refractivity contribution is 0.0954. The lowest BCUT2D eigenvalue weighted by Crippen LogP contribution is -2.26. The van der Waals surface area contributed by atoms with Crippen molar-refractivity contribution in [2.24, 2.45) is 0 Å². The van der Waals surface area contributed by atoms with Crippen molar-refractivity contribution in [2.75, 3.05) is 0 Å². The fourth-order valence-corrected chi connectivity index (χ4v) is 4.79. The molecule has 31 heavy (non-hydrogen) atoms. The maximum atomic E-state index is 12.9. The number of carbonyl (C=O) groups excluding carboxylic acids is 1. The van der Waals surface area contributed by atoms with Crippen LogP contribution in [0.25, 0.3) is 21.1 Å². The van der Waals surface area contributed by atoms with Crippen molar-refractivity contribution in [1.82, 2.24) is 19.9 Å². The van der Waals surface area contributed by atoms with Gasteiger partial charge in [0.05, 0.1) is 22.1 Å². The molecule has 0 spiro atoms. The van der Waals surface area contributed by atoms with Crippen LogP contribution >= 0.6 is 11.3 Å². The first-order valence-corrected chi connectivity index (χ1v) is 11.0. The summed E-state index contributed by atoms with van der Waals surface area (Å²) in [6.45, 7) is 8.41. The lowest BCUT2D eigenvalue weighted by atomic mass is 10.0. The number of aromatic amines is 1. The molecule has 1 amide bonds. The minimum Gasteiger partial charge on any atom is -0.347 e. The number of hydrogen-bond acceptors (Lipinski definition) is 5. The zero-order valence-corrected chi connectivity index (χ0v) is 18.8. The molecule has 0 aliphatic carbocycles. The highest BCUT2D eigenvalue weighted by atomic mass is 32.1. The van der Waals surface area contributed by atoms with Gasteiger partial charge in [-0.15, -0.1) is 11.3 Å². The summed E-state index contributed by atoms with van der Waals surface area (Å²) in [6, 6.07) is 5.78. The Labute approximate surface area is 182 Å². The maximum Gasteiger partial charge on any atom is 0.262 e. The van der Waals surface area contributed by atoms with Gasteiger partial charge in [-0.05, 0) is 55.3 Å². The van der Waals surface area contributed by atoms with Gasteiger partial charge < -0.3 is 10.3 Å². The first kappa shape index (κ1) is 21.0. The van der Waals surface area contributed by atoms with Crippen LogP contribution in [0.3, 0.4) is 0 Å². The molecule has 4 rings (SSSR count). The number of rotatable bonds is 5. The van der Waals surface area contributed by atoms with E-state index in [2.05, 4.69) is 15.3 Å². The highest BCUT2D eigenvalue weighted by Gasteiger charge is 2.19. The fraction of sp³-hybridized carbons (Fsp3) is 0.304. The van der Waals surface area contributed by atoms with Crippen molar-refractivity contribution in [2.45, 2.75) is 47.2 Å².